The summed E-state index contributed by atoms with van der Waals surface area (Å²) in [4.78, 5) is 9.06. The molecule has 2 aromatic heterocycles. The first kappa shape index (κ1) is 22.0. The van der Waals surface area contributed by atoms with Gasteiger partial charge in [-0.05, 0) is 31.2 Å². The van der Waals surface area contributed by atoms with Crippen molar-refractivity contribution < 1.29 is 8.42 Å². The van der Waals surface area contributed by atoms with E-state index in [1.54, 1.807) is 29.9 Å². The molecule has 0 aliphatic carbocycles. The largest absolute Gasteiger partial charge is 0.368 e. The van der Waals surface area contributed by atoms with E-state index in [2.05, 4.69) is 9.97 Å². The highest BCUT2D eigenvalue weighted by Gasteiger charge is 2.36. The van der Waals surface area contributed by atoms with Crippen LogP contribution in [0.5, 0.6) is 0 Å². The molecular weight excluding hydrogens is 472 g/mol. The molecule has 6 rings (SSSR count). The van der Waals surface area contributed by atoms with Crippen LogP contribution < -0.4 is 10.0 Å². The molecule has 0 bridgehead atoms. The second-order valence-electron chi connectivity index (χ2n) is 8.57. The van der Waals surface area contributed by atoms with Crippen molar-refractivity contribution >= 4 is 21.7 Å². The zero-order valence-electron chi connectivity index (χ0n) is 19.6. The lowest BCUT2D eigenvalue weighted by atomic mass is 10.1. The molecule has 0 atom stereocenters. The number of nitrogen functional groups attached to an aromatic ring is 1. The maximum absolute atomic E-state index is 13.1. The number of nitrogens with zero attached hydrogens (tertiary/aromatic N) is 5. The lowest BCUT2D eigenvalue weighted by molar-refractivity contribution is 0.594. The van der Waals surface area contributed by atoms with Gasteiger partial charge in [0, 0.05) is 23.7 Å². The summed E-state index contributed by atoms with van der Waals surface area (Å²) in [6.45, 7) is 1.87. The minimum atomic E-state index is -3.65. The van der Waals surface area contributed by atoms with Gasteiger partial charge in [-0.25, -0.2) is 23.1 Å². The van der Waals surface area contributed by atoms with Crippen molar-refractivity contribution in [3.8, 4) is 39.5 Å². The van der Waals surface area contributed by atoms with Gasteiger partial charge in [-0.2, -0.15) is 5.10 Å². The van der Waals surface area contributed by atoms with Gasteiger partial charge in [-0.15, -0.1) is 0 Å². The molecule has 36 heavy (non-hydrogen) atoms. The summed E-state index contributed by atoms with van der Waals surface area (Å²) in [5, 5.41) is 4.81. The lowest BCUT2D eigenvalue weighted by Crippen LogP contribution is -2.30. The Morgan fingerprint density at radius 3 is 2.11 bits per heavy atom. The minimum Gasteiger partial charge on any atom is -0.368 e. The van der Waals surface area contributed by atoms with Crippen LogP contribution in [0.4, 0.5) is 11.6 Å². The quantitative estimate of drug-likeness (QED) is 0.390. The molecule has 0 saturated heterocycles. The van der Waals surface area contributed by atoms with Gasteiger partial charge in [0.05, 0.1) is 27.7 Å². The number of fused-ring (bicyclic) bond motifs is 3. The Labute approximate surface area is 208 Å². The van der Waals surface area contributed by atoms with E-state index in [9.17, 15) is 8.42 Å². The number of hydrogen-bond donors (Lipinski definition) is 1. The van der Waals surface area contributed by atoms with E-state index in [0.717, 1.165) is 28.2 Å². The van der Waals surface area contributed by atoms with Gasteiger partial charge in [-0.3, -0.25) is 4.31 Å². The topological polar surface area (TPSA) is 107 Å². The summed E-state index contributed by atoms with van der Waals surface area (Å²) in [6.07, 6.45) is 0. The number of benzene rings is 3. The summed E-state index contributed by atoms with van der Waals surface area (Å²) in [5.41, 5.74) is 12.7. The fraction of sp³-hybridized carbons (Fsp3) is 0.0741. The van der Waals surface area contributed by atoms with Crippen LogP contribution in [0.1, 0.15) is 5.69 Å². The Bertz CT molecular complexity index is 1730. The molecule has 0 unspecified atom stereocenters. The first-order chi connectivity index (χ1) is 17.3. The second kappa shape index (κ2) is 8.03. The summed E-state index contributed by atoms with van der Waals surface area (Å²) < 4.78 is 29.3. The smallest absolute Gasteiger partial charge is 0.264 e. The first-order valence-electron chi connectivity index (χ1n) is 11.3. The zero-order chi connectivity index (χ0) is 25.0. The number of anilines is 2. The van der Waals surface area contributed by atoms with Gasteiger partial charge in [0.15, 0.2) is 0 Å². The fourth-order valence-corrected chi connectivity index (χ4v) is 6.05. The standard InChI is InChI=1S/C27H22N6O2S/c1-17-26-25(21-10-6-7-11-24(21)36(34,35)32(26)2)31-33(17)20-14-12-19(13-15-20)23-16-22(29-27(28)30-23)18-8-4-3-5-9-18/h3-16H,1-2H3,(H2,28,29,30). The van der Waals surface area contributed by atoms with Crippen molar-refractivity contribution in [2.45, 2.75) is 11.8 Å². The van der Waals surface area contributed by atoms with Crippen molar-refractivity contribution in [2.75, 3.05) is 17.1 Å². The van der Waals surface area contributed by atoms with Crippen molar-refractivity contribution in [2.24, 2.45) is 0 Å². The van der Waals surface area contributed by atoms with Crippen LogP contribution in [-0.4, -0.2) is 35.2 Å². The van der Waals surface area contributed by atoms with Crippen LogP contribution in [0.15, 0.2) is 89.8 Å². The Morgan fingerprint density at radius 2 is 1.42 bits per heavy atom. The molecule has 178 valence electrons. The summed E-state index contributed by atoms with van der Waals surface area (Å²) in [7, 11) is -2.08. The van der Waals surface area contributed by atoms with E-state index in [4.69, 9.17) is 10.8 Å². The minimum absolute atomic E-state index is 0.203. The normalized spacial score (nSPS) is 13.8. The summed E-state index contributed by atoms with van der Waals surface area (Å²) in [6, 6.07) is 26.4. The van der Waals surface area contributed by atoms with Crippen LogP contribution in [-0.2, 0) is 10.0 Å². The van der Waals surface area contributed by atoms with Gasteiger partial charge in [0.2, 0.25) is 5.95 Å². The highest BCUT2D eigenvalue weighted by molar-refractivity contribution is 7.93. The number of sulfonamides is 1. The maximum atomic E-state index is 13.1. The third-order valence-electron chi connectivity index (χ3n) is 6.40. The van der Waals surface area contributed by atoms with Gasteiger partial charge in [-0.1, -0.05) is 60.7 Å². The molecule has 0 spiro atoms. The fourth-order valence-electron chi connectivity index (χ4n) is 4.60. The van der Waals surface area contributed by atoms with Crippen molar-refractivity contribution in [3.05, 3.63) is 90.6 Å². The van der Waals surface area contributed by atoms with E-state index >= 15 is 0 Å². The molecule has 3 heterocycles. The monoisotopic (exact) mass is 494 g/mol. The first-order valence-corrected chi connectivity index (χ1v) is 12.8. The van der Waals surface area contributed by atoms with E-state index in [-0.39, 0.29) is 10.8 Å². The Kier molecular flexibility index (Phi) is 4.90. The van der Waals surface area contributed by atoms with Crippen molar-refractivity contribution in [1.82, 2.24) is 19.7 Å². The highest BCUT2D eigenvalue weighted by atomic mass is 32.2. The molecule has 5 aromatic rings. The van der Waals surface area contributed by atoms with Crippen molar-refractivity contribution in [1.29, 1.82) is 0 Å². The number of rotatable bonds is 3. The highest BCUT2D eigenvalue weighted by Crippen LogP contribution is 2.43. The van der Waals surface area contributed by atoms with Gasteiger partial charge in [0.1, 0.15) is 11.4 Å². The molecule has 0 amide bonds. The zero-order valence-corrected chi connectivity index (χ0v) is 20.4. The van der Waals surface area contributed by atoms with E-state index < -0.39 is 10.0 Å². The Balaban J connectivity index is 1.42. The Hall–Kier alpha value is -4.50. The number of hydrogen-bond acceptors (Lipinski definition) is 6. The average Bonchev–Trinajstić information content (AvgIpc) is 3.25. The van der Waals surface area contributed by atoms with Crippen LogP contribution in [0.2, 0.25) is 0 Å². The van der Waals surface area contributed by atoms with E-state index in [1.807, 2.05) is 73.7 Å². The van der Waals surface area contributed by atoms with Crippen LogP contribution in [0.3, 0.4) is 0 Å². The predicted molar refractivity (Wildman–Crippen MR) is 140 cm³/mol. The van der Waals surface area contributed by atoms with Crippen LogP contribution in [0.25, 0.3) is 39.5 Å². The van der Waals surface area contributed by atoms with E-state index in [0.29, 0.717) is 22.6 Å². The van der Waals surface area contributed by atoms with Gasteiger partial charge in [0.25, 0.3) is 10.0 Å². The predicted octanol–water partition coefficient (Wildman–Crippen LogP) is 4.69. The molecule has 9 heteroatoms. The summed E-state index contributed by atoms with van der Waals surface area (Å²) >= 11 is 0. The summed E-state index contributed by atoms with van der Waals surface area (Å²) in [5.74, 6) is 0.203. The molecule has 0 saturated carbocycles. The lowest BCUT2D eigenvalue weighted by Gasteiger charge is -2.26. The molecule has 1 aliphatic rings. The molecule has 1 aliphatic heterocycles. The molecular formula is C27H22N6O2S. The third kappa shape index (κ3) is 3.36. The SMILES string of the molecule is Cc1c2c(nn1-c1ccc(-c3cc(-c4ccccc4)nc(N)n3)cc1)-c1ccccc1S(=O)(=O)N2C. The number of aromatic nitrogens is 4. The van der Waals surface area contributed by atoms with Gasteiger partial charge < -0.3 is 5.73 Å². The van der Waals surface area contributed by atoms with Crippen molar-refractivity contribution in [3.63, 3.8) is 0 Å². The van der Waals surface area contributed by atoms with Crippen LogP contribution >= 0.6 is 0 Å². The van der Waals surface area contributed by atoms with E-state index in [1.165, 1.54) is 4.31 Å². The number of nitrogens with two attached hydrogens (primary N) is 1. The average molecular weight is 495 g/mol. The molecule has 8 nitrogen and oxygen atoms in total. The maximum Gasteiger partial charge on any atom is 0.264 e. The molecule has 2 N–H and O–H groups in total. The molecule has 0 fully saturated rings. The Morgan fingerprint density at radius 1 is 0.806 bits per heavy atom. The van der Waals surface area contributed by atoms with Crippen LogP contribution in [0, 0.1) is 6.92 Å². The third-order valence-corrected chi connectivity index (χ3v) is 8.22. The molecule has 3 aromatic carbocycles. The molecule has 0 radical (unpaired) electrons. The van der Waals surface area contributed by atoms with Gasteiger partial charge >= 0.3 is 0 Å². The second-order valence-corrected chi connectivity index (χ2v) is 10.5.